The molecule has 0 atom stereocenters. The average molecular weight is 650 g/mol. The van der Waals surface area contributed by atoms with E-state index in [1.165, 1.54) is 0 Å². The van der Waals surface area contributed by atoms with Crippen LogP contribution in [0.4, 0.5) is 11.4 Å². The summed E-state index contributed by atoms with van der Waals surface area (Å²) in [5.74, 6) is -1.73. The summed E-state index contributed by atoms with van der Waals surface area (Å²) in [7, 11) is 0. The largest absolute Gasteiger partial charge is 0.481 e. The zero-order valence-electron chi connectivity index (χ0n) is 28.1. The molecule has 0 bridgehead atoms. The van der Waals surface area contributed by atoms with Gasteiger partial charge in [-0.25, -0.2) is 0 Å². The van der Waals surface area contributed by atoms with E-state index >= 15 is 0 Å². The minimum atomic E-state index is -0.867. The van der Waals surface area contributed by atoms with Crippen LogP contribution in [0.2, 0.25) is 0 Å². The Balaban J connectivity index is 1.60. The van der Waals surface area contributed by atoms with E-state index in [9.17, 15) is 19.8 Å². The van der Waals surface area contributed by atoms with Gasteiger partial charge in [-0.1, -0.05) is 84.9 Å². The van der Waals surface area contributed by atoms with Crippen molar-refractivity contribution in [2.75, 3.05) is 18.0 Å². The predicted molar refractivity (Wildman–Crippen MR) is 199 cm³/mol. The van der Waals surface area contributed by atoms with Crippen LogP contribution in [0.25, 0.3) is 32.3 Å². The fourth-order valence-corrected chi connectivity index (χ4v) is 8.61. The predicted octanol–water partition coefficient (Wildman–Crippen LogP) is 9.27. The molecule has 6 nitrogen and oxygen atoms in total. The van der Waals surface area contributed by atoms with Gasteiger partial charge in [0.1, 0.15) is 6.42 Å². The lowest BCUT2D eigenvalue weighted by Gasteiger charge is -2.33. The van der Waals surface area contributed by atoms with Crippen molar-refractivity contribution in [1.29, 1.82) is 0 Å². The van der Waals surface area contributed by atoms with E-state index in [0.717, 1.165) is 66.2 Å². The summed E-state index contributed by atoms with van der Waals surface area (Å²) < 4.78 is 2.22. The molecule has 2 aliphatic rings. The molecule has 2 heterocycles. The van der Waals surface area contributed by atoms with Gasteiger partial charge in [0.15, 0.2) is 12.3 Å². The molecule has 2 aliphatic heterocycles. The molecule has 0 spiro atoms. The molecular formula is C43H41N2O4+. The van der Waals surface area contributed by atoms with Crippen LogP contribution in [0, 0.1) is 0 Å². The first kappa shape index (κ1) is 32.1. The van der Waals surface area contributed by atoms with E-state index in [2.05, 4.69) is 109 Å². The molecule has 0 fully saturated rings. The van der Waals surface area contributed by atoms with E-state index in [1.807, 2.05) is 30.4 Å². The smallest absolute Gasteiger partial charge is 0.309 e. The van der Waals surface area contributed by atoms with E-state index in [-0.39, 0.29) is 25.9 Å². The number of carboxylic acids is 2. The van der Waals surface area contributed by atoms with Gasteiger partial charge in [-0.3, -0.25) is 9.59 Å². The minimum absolute atomic E-state index is 0.0403. The molecule has 5 aromatic carbocycles. The summed E-state index contributed by atoms with van der Waals surface area (Å²) >= 11 is 0. The Hall–Kier alpha value is -5.49. The second-order valence-corrected chi connectivity index (χ2v) is 13.7. The van der Waals surface area contributed by atoms with Crippen LogP contribution in [-0.2, 0) is 20.4 Å². The van der Waals surface area contributed by atoms with Gasteiger partial charge >= 0.3 is 11.9 Å². The van der Waals surface area contributed by atoms with E-state index in [0.29, 0.717) is 12.8 Å². The zero-order chi connectivity index (χ0) is 34.5. The van der Waals surface area contributed by atoms with Crippen molar-refractivity contribution >= 4 is 61.3 Å². The third-order valence-electron chi connectivity index (χ3n) is 10.5. The van der Waals surface area contributed by atoms with E-state index < -0.39 is 22.8 Å². The van der Waals surface area contributed by atoms with Crippen LogP contribution in [0.3, 0.4) is 0 Å². The summed E-state index contributed by atoms with van der Waals surface area (Å²) in [4.78, 5) is 26.4. The number of allylic oxidation sites excluding steroid dienone is 4. The lowest BCUT2D eigenvalue weighted by atomic mass is 9.71. The number of aliphatic carboxylic acids is 2. The molecule has 0 saturated heterocycles. The maximum atomic E-state index is 12.2. The number of benzene rings is 5. The molecule has 0 aromatic heterocycles. The molecule has 0 radical (unpaired) electrons. The Labute approximate surface area is 286 Å². The van der Waals surface area contributed by atoms with Gasteiger partial charge in [0.05, 0.1) is 17.2 Å². The number of fused-ring (bicyclic) bond motifs is 9. The molecule has 7 rings (SSSR count). The van der Waals surface area contributed by atoms with Crippen LogP contribution in [-0.4, -0.2) is 45.5 Å². The molecule has 5 aromatic rings. The Morgan fingerprint density at radius 1 is 0.735 bits per heavy atom. The van der Waals surface area contributed by atoms with Gasteiger partial charge in [-0.2, -0.15) is 4.58 Å². The summed E-state index contributed by atoms with van der Waals surface area (Å²) in [5, 5.41) is 26.6. The van der Waals surface area contributed by atoms with Crippen molar-refractivity contribution in [3.63, 3.8) is 0 Å². The van der Waals surface area contributed by atoms with Gasteiger partial charge in [0, 0.05) is 35.0 Å². The van der Waals surface area contributed by atoms with Crippen molar-refractivity contribution < 1.29 is 24.4 Å². The molecule has 6 heteroatoms. The number of rotatable bonds is 11. The fraction of sp³-hybridized carbons (Fsp3) is 0.233. The molecule has 2 N–H and O–H groups in total. The summed E-state index contributed by atoms with van der Waals surface area (Å²) in [6.45, 7) is 13.4. The third kappa shape index (κ3) is 4.97. The molecule has 0 unspecified atom stereocenters. The first-order valence-corrected chi connectivity index (χ1v) is 16.9. The van der Waals surface area contributed by atoms with Gasteiger partial charge in [-0.15, -0.1) is 13.2 Å². The maximum absolute atomic E-state index is 12.2. The SMILES string of the molecule is C=CCC1(CC=C)/C(=C\C2=[N+](CCC(=O)O)c3c(c4ccccc4c4ccccc34)C2(C)C)N(CCC(=O)O)c2ccc3ccccc3c21. The first-order chi connectivity index (χ1) is 23.6. The van der Waals surface area contributed by atoms with Gasteiger partial charge in [0.2, 0.25) is 5.69 Å². The highest BCUT2D eigenvalue weighted by molar-refractivity contribution is 6.19. The Kier molecular flexibility index (Phi) is 7.98. The van der Waals surface area contributed by atoms with Crippen LogP contribution in [0.15, 0.2) is 122 Å². The normalized spacial score (nSPS) is 16.8. The molecule has 0 aliphatic carbocycles. The van der Waals surface area contributed by atoms with E-state index in [1.54, 1.807) is 0 Å². The lowest BCUT2D eigenvalue weighted by molar-refractivity contribution is -0.435. The maximum Gasteiger partial charge on any atom is 0.309 e. The molecular weight excluding hydrogens is 608 g/mol. The number of carbonyl (C=O) groups is 2. The highest BCUT2D eigenvalue weighted by Crippen LogP contribution is 2.56. The van der Waals surface area contributed by atoms with Crippen molar-refractivity contribution in [2.24, 2.45) is 0 Å². The van der Waals surface area contributed by atoms with Crippen molar-refractivity contribution in [1.82, 2.24) is 0 Å². The van der Waals surface area contributed by atoms with Crippen molar-refractivity contribution in [3.8, 4) is 0 Å². The minimum Gasteiger partial charge on any atom is -0.481 e. The van der Waals surface area contributed by atoms with Crippen LogP contribution in [0.1, 0.15) is 50.7 Å². The monoisotopic (exact) mass is 649 g/mol. The van der Waals surface area contributed by atoms with Gasteiger partial charge in [-0.05, 0) is 71.3 Å². The number of hydrogen-bond acceptors (Lipinski definition) is 3. The fourth-order valence-electron chi connectivity index (χ4n) is 8.61. The van der Waals surface area contributed by atoms with E-state index in [4.69, 9.17) is 0 Å². The third-order valence-corrected chi connectivity index (χ3v) is 10.5. The average Bonchev–Trinajstić information content (AvgIpc) is 3.47. The Bertz CT molecular complexity index is 2270. The summed E-state index contributed by atoms with van der Waals surface area (Å²) in [6.07, 6.45) is 7.28. The highest BCUT2D eigenvalue weighted by Gasteiger charge is 2.51. The standard InChI is InChI=1S/C43H40N2O4/c1-5-23-43(24-6-2)36(44(25-21-37(46)47)34-20-19-28-13-7-8-14-29(28)39(34)43)27-35-42(3,4)40-32-17-11-9-15-30(32)31-16-10-12-18-33(31)41(40)45(35)26-22-38(48)49/h5-20,27H,1-2,21-26H2,3-4H3,(H-,46,47,48,49)/p+1. The van der Waals surface area contributed by atoms with Crippen LogP contribution in [0.5, 0.6) is 0 Å². The second-order valence-electron chi connectivity index (χ2n) is 13.7. The number of anilines is 1. The Morgan fingerprint density at radius 3 is 1.94 bits per heavy atom. The highest BCUT2D eigenvalue weighted by atomic mass is 16.4. The number of hydrogen-bond donors (Lipinski definition) is 2. The molecule has 246 valence electrons. The molecule has 49 heavy (non-hydrogen) atoms. The summed E-state index contributed by atoms with van der Waals surface area (Å²) in [6, 6.07) is 29.4. The quantitative estimate of drug-likeness (QED) is 0.0847. The van der Waals surface area contributed by atoms with Crippen LogP contribution < -0.4 is 4.90 Å². The topological polar surface area (TPSA) is 80.9 Å². The zero-order valence-corrected chi connectivity index (χ0v) is 28.1. The number of nitrogens with zero attached hydrogens (tertiary/aromatic N) is 2. The van der Waals surface area contributed by atoms with Crippen molar-refractivity contribution in [3.05, 3.63) is 133 Å². The van der Waals surface area contributed by atoms with Gasteiger partial charge < -0.3 is 15.1 Å². The molecule has 0 amide bonds. The number of carboxylic acid groups (broad SMARTS) is 2. The summed E-state index contributed by atoms with van der Waals surface area (Å²) in [5.41, 5.74) is 5.16. The first-order valence-electron chi connectivity index (χ1n) is 16.9. The molecule has 0 saturated carbocycles. The van der Waals surface area contributed by atoms with Crippen molar-refractivity contribution in [2.45, 2.75) is 50.4 Å². The Morgan fingerprint density at radius 2 is 1.31 bits per heavy atom. The van der Waals surface area contributed by atoms with Gasteiger partial charge in [0.25, 0.3) is 0 Å². The van der Waals surface area contributed by atoms with Crippen LogP contribution >= 0.6 is 0 Å². The second kappa shape index (κ2) is 12.2. The lowest BCUT2D eigenvalue weighted by Crippen LogP contribution is -2.36.